The fourth-order valence-electron chi connectivity index (χ4n) is 2.87. The van der Waals surface area contributed by atoms with Crippen molar-refractivity contribution in [3.05, 3.63) is 18.2 Å². The van der Waals surface area contributed by atoms with Crippen LogP contribution in [0, 0.1) is 0 Å². The van der Waals surface area contributed by atoms with Crippen LogP contribution < -0.4 is 10.5 Å². The van der Waals surface area contributed by atoms with Gasteiger partial charge in [-0.15, -0.1) is 0 Å². The highest BCUT2D eigenvalue weighted by molar-refractivity contribution is 7.89. The van der Waals surface area contributed by atoms with Crippen molar-refractivity contribution < 1.29 is 13.2 Å². The largest absolute Gasteiger partial charge is 0.495 e. The molecule has 20 heavy (non-hydrogen) atoms. The van der Waals surface area contributed by atoms with Crippen molar-refractivity contribution in [3.8, 4) is 5.75 Å². The maximum atomic E-state index is 12.8. The maximum Gasteiger partial charge on any atom is 0.243 e. The number of ether oxygens (including phenoxy) is 1. The summed E-state index contributed by atoms with van der Waals surface area (Å²) >= 11 is 0. The molecule has 2 N–H and O–H groups in total. The number of benzene rings is 1. The van der Waals surface area contributed by atoms with Crippen molar-refractivity contribution >= 4 is 15.7 Å². The molecule has 0 bridgehead atoms. The quantitative estimate of drug-likeness (QED) is 0.869. The number of nitrogens with two attached hydrogens (primary N) is 1. The van der Waals surface area contributed by atoms with Gasteiger partial charge in [-0.25, -0.2) is 8.42 Å². The minimum Gasteiger partial charge on any atom is -0.495 e. The monoisotopic (exact) mass is 298 g/mol. The standard InChI is InChI=1S/C14H22N2O3S/c1-10-5-4-6-11(2)16(10)20(17,18)12-7-8-14(19-3)13(15)9-12/h7-11H,4-6,15H2,1-3H3. The molecule has 1 saturated heterocycles. The van der Waals surface area contributed by atoms with E-state index >= 15 is 0 Å². The molecule has 1 aromatic carbocycles. The number of sulfonamides is 1. The van der Waals surface area contributed by atoms with Gasteiger partial charge in [-0.05, 0) is 44.9 Å². The Bertz CT molecular complexity index is 576. The molecule has 0 aliphatic carbocycles. The molecule has 0 radical (unpaired) electrons. The average Bonchev–Trinajstić information content (AvgIpc) is 2.38. The third-order valence-electron chi connectivity index (χ3n) is 3.89. The summed E-state index contributed by atoms with van der Waals surface area (Å²) in [7, 11) is -2.00. The SMILES string of the molecule is COc1ccc(S(=O)(=O)N2C(C)CCCC2C)cc1N. The third-order valence-corrected chi connectivity index (χ3v) is 6.01. The smallest absolute Gasteiger partial charge is 0.243 e. The minimum atomic E-state index is -3.51. The van der Waals surface area contributed by atoms with Gasteiger partial charge in [0.25, 0.3) is 0 Å². The van der Waals surface area contributed by atoms with Gasteiger partial charge in [-0.3, -0.25) is 0 Å². The molecule has 2 unspecified atom stereocenters. The first kappa shape index (κ1) is 15.1. The van der Waals surface area contributed by atoms with Crippen LogP contribution in [0.25, 0.3) is 0 Å². The molecule has 6 heteroatoms. The highest BCUT2D eigenvalue weighted by Crippen LogP contribution is 2.32. The normalized spacial score (nSPS) is 24.6. The van der Waals surface area contributed by atoms with Crippen molar-refractivity contribution in [2.75, 3.05) is 12.8 Å². The van der Waals surface area contributed by atoms with E-state index in [1.807, 2.05) is 13.8 Å². The topological polar surface area (TPSA) is 72.6 Å². The number of nitrogens with zero attached hydrogens (tertiary/aromatic N) is 1. The second-order valence-electron chi connectivity index (χ2n) is 5.37. The number of rotatable bonds is 3. The summed E-state index contributed by atoms with van der Waals surface area (Å²) in [5.41, 5.74) is 6.16. The molecule has 1 aliphatic rings. The molecule has 1 heterocycles. The molecule has 1 aliphatic heterocycles. The lowest BCUT2D eigenvalue weighted by Crippen LogP contribution is -2.47. The van der Waals surface area contributed by atoms with Crippen molar-refractivity contribution in [1.82, 2.24) is 4.31 Å². The van der Waals surface area contributed by atoms with E-state index in [4.69, 9.17) is 10.5 Å². The predicted molar refractivity (Wildman–Crippen MR) is 79.2 cm³/mol. The van der Waals surface area contributed by atoms with Gasteiger partial charge in [0.1, 0.15) is 5.75 Å². The van der Waals surface area contributed by atoms with Crippen molar-refractivity contribution in [1.29, 1.82) is 0 Å². The van der Waals surface area contributed by atoms with Gasteiger partial charge in [0.05, 0.1) is 17.7 Å². The van der Waals surface area contributed by atoms with Crippen LogP contribution in [0.15, 0.2) is 23.1 Å². The second-order valence-corrected chi connectivity index (χ2v) is 7.21. The lowest BCUT2D eigenvalue weighted by Gasteiger charge is -2.37. The molecular formula is C14H22N2O3S. The number of hydrogen-bond acceptors (Lipinski definition) is 4. The Morgan fingerprint density at radius 2 is 1.85 bits per heavy atom. The van der Waals surface area contributed by atoms with Gasteiger partial charge >= 0.3 is 0 Å². The first-order chi connectivity index (χ1) is 9.37. The molecule has 0 amide bonds. The van der Waals surface area contributed by atoms with E-state index < -0.39 is 10.0 Å². The Hall–Kier alpha value is -1.27. The van der Waals surface area contributed by atoms with Crippen LogP contribution in [0.2, 0.25) is 0 Å². The van der Waals surface area contributed by atoms with Crippen LogP contribution in [0.5, 0.6) is 5.75 Å². The number of nitrogen functional groups attached to an aromatic ring is 1. The summed E-state index contributed by atoms with van der Waals surface area (Å²) in [5.74, 6) is 0.490. The van der Waals surface area contributed by atoms with E-state index in [0.717, 1.165) is 19.3 Å². The van der Waals surface area contributed by atoms with E-state index in [9.17, 15) is 8.42 Å². The lowest BCUT2D eigenvalue weighted by molar-refractivity contribution is 0.204. The van der Waals surface area contributed by atoms with Crippen molar-refractivity contribution in [3.63, 3.8) is 0 Å². The molecule has 2 atom stereocenters. The summed E-state index contributed by atoms with van der Waals surface area (Å²) < 4.78 is 32.3. The van der Waals surface area contributed by atoms with Gasteiger partial charge in [0.15, 0.2) is 0 Å². The molecule has 1 aromatic rings. The molecule has 0 saturated carbocycles. The molecular weight excluding hydrogens is 276 g/mol. The average molecular weight is 298 g/mol. The molecule has 2 rings (SSSR count). The fraction of sp³-hybridized carbons (Fsp3) is 0.571. The Morgan fingerprint density at radius 1 is 1.25 bits per heavy atom. The van der Waals surface area contributed by atoms with Crippen LogP contribution in [-0.2, 0) is 10.0 Å². The minimum absolute atomic E-state index is 0.0204. The Balaban J connectivity index is 2.41. The first-order valence-corrected chi connectivity index (χ1v) is 8.29. The lowest BCUT2D eigenvalue weighted by atomic mass is 10.0. The van der Waals surface area contributed by atoms with Crippen LogP contribution >= 0.6 is 0 Å². The molecule has 112 valence electrons. The van der Waals surface area contributed by atoms with Gasteiger partial charge in [-0.1, -0.05) is 6.42 Å². The molecule has 0 aromatic heterocycles. The third kappa shape index (κ3) is 2.62. The van der Waals surface area contributed by atoms with Crippen LogP contribution in [0.1, 0.15) is 33.1 Å². The first-order valence-electron chi connectivity index (χ1n) is 6.85. The summed E-state index contributed by atoms with van der Waals surface area (Å²) in [4.78, 5) is 0.233. The zero-order valence-corrected chi connectivity index (χ0v) is 13.0. The predicted octanol–water partition coefficient (Wildman–Crippen LogP) is 2.23. The summed E-state index contributed by atoms with van der Waals surface area (Å²) in [6.07, 6.45) is 2.86. The number of hydrogen-bond donors (Lipinski definition) is 1. The highest BCUT2D eigenvalue weighted by Gasteiger charge is 2.35. The maximum absolute atomic E-state index is 12.8. The molecule has 1 fully saturated rings. The summed E-state index contributed by atoms with van der Waals surface area (Å²) in [6.45, 7) is 3.92. The van der Waals surface area contributed by atoms with Crippen molar-refractivity contribution in [2.24, 2.45) is 0 Å². The zero-order chi connectivity index (χ0) is 14.9. The number of piperidine rings is 1. The van der Waals surface area contributed by atoms with Gasteiger partial charge in [0.2, 0.25) is 10.0 Å². The Kier molecular flexibility index (Phi) is 4.25. The highest BCUT2D eigenvalue weighted by atomic mass is 32.2. The summed E-state index contributed by atoms with van der Waals surface area (Å²) in [5, 5.41) is 0. The van der Waals surface area contributed by atoms with Gasteiger partial charge < -0.3 is 10.5 Å². The van der Waals surface area contributed by atoms with Crippen LogP contribution in [0.4, 0.5) is 5.69 Å². The van der Waals surface area contributed by atoms with E-state index in [-0.39, 0.29) is 17.0 Å². The van der Waals surface area contributed by atoms with E-state index in [1.165, 1.54) is 13.2 Å². The van der Waals surface area contributed by atoms with E-state index in [0.29, 0.717) is 11.4 Å². The Morgan fingerprint density at radius 3 is 2.35 bits per heavy atom. The number of methoxy groups -OCH3 is 1. The van der Waals surface area contributed by atoms with E-state index in [1.54, 1.807) is 16.4 Å². The van der Waals surface area contributed by atoms with Crippen LogP contribution in [-0.4, -0.2) is 31.9 Å². The van der Waals surface area contributed by atoms with E-state index in [2.05, 4.69) is 0 Å². The number of anilines is 1. The van der Waals surface area contributed by atoms with Gasteiger partial charge in [-0.2, -0.15) is 4.31 Å². The van der Waals surface area contributed by atoms with Crippen LogP contribution in [0.3, 0.4) is 0 Å². The van der Waals surface area contributed by atoms with Crippen molar-refractivity contribution in [2.45, 2.75) is 50.1 Å². The van der Waals surface area contributed by atoms with Gasteiger partial charge in [0, 0.05) is 12.1 Å². The molecule has 5 nitrogen and oxygen atoms in total. The molecule has 0 spiro atoms. The second kappa shape index (κ2) is 5.61. The zero-order valence-electron chi connectivity index (χ0n) is 12.2. The Labute approximate surface area is 120 Å². The summed E-state index contributed by atoms with van der Waals surface area (Å²) in [6, 6.07) is 4.67. The fourth-order valence-corrected chi connectivity index (χ4v) is 4.78.